The van der Waals surface area contributed by atoms with Crippen LogP contribution in [0.4, 0.5) is 0 Å². The minimum Gasteiger partial charge on any atom is -0.480 e. The molecular formula is C8H10ClNO5S. The fraction of sp³-hybridized carbons (Fsp3) is 0.750. The van der Waals surface area contributed by atoms with Gasteiger partial charge in [-0.15, -0.1) is 11.6 Å². The lowest BCUT2D eigenvalue weighted by Crippen LogP contribution is -2.57. The molecule has 0 radical (unpaired) electrons. The molecule has 1 N–H and O–H groups in total. The molecule has 0 saturated carbocycles. The SMILES string of the molecule is C[C@]1(CCl)[C@H](C(=O)O)N2C(=O)C[C@H]2S1(=O)=O. The first-order valence-corrected chi connectivity index (χ1v) is 6.69. The molecule has 2 heterocycles. The average molecular weight is 268 g/mol. The molecule has 90 valence electrons. The first kappa shape index (κ1) is 11.7. The summed E-state index contributed by atoms with van der Waals surface area (Å²) in [6.07, 6.45) is -0.140. The zero-order chi connectivity index (χ0) is 12.3. The molecule has 8 heteroatoms. The highest BCUT2D eigenvalue weighted by molar-refractivity contribution is 7.94. The Morgan fingerprint density at radius 3 is 2.62 bits per heavy atom. The first-order chi connectivity index (χ1) is 7.27. The van der Waals surface area contributed by atoms with Gasteiger partial charge in [0.05, 0.1) is 6.42 Å². The van der Waals surface area contributed by atoms with Crippen molar-refractivity contribution in [2.75, 3.05) is 5.88 Å². The molecule has 2 rings (SSSR count). The number of fused-ring (bicyclic) bond motifs is 1. The fourth-order valence-corrected chi connectivity index (χ4v) is 5.06. The number of carbonyl (C=O) groups excluding carboxylic acids is 1. The van der Waals surface area contributed by atoms with Gasteiger partial charge in [0.25, 0.3) is 0 Å². The van der Waals surface area contributed by atoms with Crippen molar-refractivity contribution in [2.24, 2.45) is 0 Å². The smallest absolute Gasteiger partial charge is 0.328 e. The van der Waals surface area contributed by atoms with Crippen LogP contribution in [-0.4, -0.2) is 52.3 Å². The number of alkyl halides is 1. The quantitative estimate of drug-likeness (QED) is 0.534. The zero-order valence-corrected chi connectivity index (χ0v) is 9.95. The van der Waals surface area contributed by atoms with E-state index in [9.17, 15) is 18.0 Å². The molecule has 2 saturated heterocycles. The first-order valence-electron chi connectivity index (χ1n) is 4.60. The second kappa shape index (κ2) is 3.10. The molecule has 0 bridgehead atoms. The Labute approximate surface area is 97.1 Å². The lowest BCUT2D eigenvalue weighted by atomic mass is 9.98. The Kier molecular flexibility index (Phi) is 2.26. The van der Waals surface area contributed by atoms with E-state index >= 15 is 0 Å². The molecular weight excluding hydrogens is 258 g/mol. The van der Waals surface area contributed by atoms with Crippen LogP contribution in [0.2, 0.25) is 0 Å². The van der Waals surface area contributed by atoms with Crippen molar-refractivity contribution in [3.63, 3.8) is 0 Å². The number of nitrogens with zero attached hydrogens (tertiary/aromatic N) is 1. The van der Waals surface area contributed by atoms with E-state index in [1.807, 2.05) is 0 Å². The Hall–Kier alpha value is -0.820. The van der Waals surface area contributed by atoms with Gasteiger partial charge < -0.3 is 10.0 Å². The van der Waals surface area contributed by atoms with Crippen LogP contribution in [0.15, 0.2) is 0 Å². The van der Waals surface area contributed by atoms with Crippen LogP contribution >= 0.6 is 11.6 Å². The molecule has 1 amide bonds. The highest BCUT2D eigenvalue weighted by Crippen LogP contribution is 2.46. The highest BCUT2D eigenvalue weighted by Gasteiger charge is 2.69. The van der Waals surface area contributed by atoms with Gasteiger partial charge in [-0.3, -0.25) is 4.79 Å². The molecule has 0 aliphatic carbocycles. The van der Waals surface area contributed by atoms with Gasteiger partial charge in [-0.25, -0.2) is 13.2 Å². The fourth-order valence-electron chi connectivity index (χ4n) is 2.26. The summed E-state index contributed by atoms with van der Waals surface area (Å²) < 4.78 is 22.5. The molecule has 3 atom stereocenters. The number of β-lactam (4-membered cyclic amide) rings is 1. The number of hydrogen-bond acceptors (Lipinski definition) is 4. The van der Waals surface area contributed by atoms with E-state index in [4.69, 9.17) is 16.7 Å². The number of carbonyl (C=O) groups is 2. The van der Waals surface area contributed by atoms with Gasteiger partial charge in [0.15, 0.2) is 15.9 Å². The van der Waals surface area contributed by atoms with Crippen LogP contribution in [0.3, 0.4) is 0 Å². The van der Waals surface area contributed by atoms with Crippen LogP contribution in [-0.2, 0) is 19.4 Å². The van der Waals surface area contributed by atoms with E-state index in [0.717, 1.165) is 4.90 Å². The van der Waals surface area contributed by atoms with Gasteiger partial charge in [0, 0.05) is 5.88 Å². The monoisotopic (exact) mass is 267 g/mol. The van der Waals surface area contributed by atoms with E-state index in [2.05, 4.69) is 0 Å². The number of sulfone groups is 1. The molecule has 6 nitrogen and oxygen atoms in total. The predicted molar refractivity (Wildman–Crippen MR) is 54.7 cm³/mol. The molecule has 0 unspecified atom stereocenters. The van der Waals surface area contributed by atoms with E-state index in [-0.39, 0.29) is 12.3 Å². The number of aliphatic carboxylic acids is 1. The van der Waals surface area contributed by atoms with Crippen molar-refractivity contribution in [3.05, 3.63) is 0 Å². The Morgan fingerprint density at radius 2 is 2.25 bits per heavy atom. The van der Waals surface area contributed by atoms with Crippen molar-refractivity contribution in [2.45, 2.75) is 29.5 Å². The Morgan fingerprint density at radius 1 is 1.69 bits per heavy atom. The third kappa shape index (κ3) is 1.05. The van der Waals surface area contributed by atoms with Gasteiger partial charge in [0.2, 0.25) is 5.91 Å². The molecule has 2 fully saturated rings. The van der Waals surface area contributed by atoms with Gasteiger partial charge in [-0.2, -0.15) is 0 Å². The van der Waals surface area contributed by atoms with Gasteiger partial charge in [-0.1, -0.05) is 0 Å². The number of carboxylic acids is 1. The van der Waals surface area contributed by atoms with Crippen molar-refractivity contribution in [3.8, 4) is 0 Å². The molecule has 0 spiro atoms. The maximum absolute atomic E-state index is 12.0. The number of rotatable bonds is 2. The number of halogens is 1. The minimum absolute atomic E-state index is 0.140. The van der Waals surface area contributed by atoms with E-state index in [1.165, 1.54) is 6.92 Å². The molecule has 0 aromatic carbocycles. The largest absolute Gasteiger partial charge is 0.480 e. The maximum Gasteiger partial charge on any atom is 0.328 e. The van der Waals surface area contributed by atoms with E-state index < -0.39 is 37.9 Å². The van der Waals surface area contributed by atoms with Crippen molar-refractivity contribution in [1.82, 2.24) is 4.90 Å². The van der Waals surface area contributed by atoms with E-state index in [1.54, 1.807) is 0 Å². The standard InChI is InChI=1S/C8H10ClNO5S/c1-8(3-9)6(7(12)13)10-4(11)2-5(10)16(8,14)15/h5-6H,2-3H2,1H3,(H,12,13)/t5-,6+,8+/m1/s1. The summed E-state index contributed by atoms with van der Waals surface area (Å²) in [5, 5.41) is 8.03. The molecule has 2 aliphatic rings. The minimum atomic E-state index is -3.71. The second-order valence-electron chi connectivity index (χ2n) is 4.19. The van der Waals surface area contributed by atoms with Gasteiger partial charge in [0.1, 0.15) is 10.1 Å². The molecule has 2 aliphatic heterocycles. The third-order valence-corrected chi connectivity index (χ3v) is 6.80. The predicted octanol–water partition coefficient (Wildman–Crippen LogP) is -0.576. The summed E-state index contributed by atoms with van der Waals surface area (Å²) in [6.45, 7) is 1.28. The Bertz CT molecular complexity index is 475. The van der Waals surface area contributed by atoms with Crippen molar-refractivity contribution >= 4 is 33.3 Å². The molecule has 0 aromatic heterocycles. The summed E-state index contributed by atoms with van der Waals surface area (Å²) in [7, 11) is -3.71. The van der Waals surface area contributed by atoms with Crippen molar-refractivity contribution in [1.29, 1.82) is 0 Å². The normalized spacial score (nSPS) is 40.4. The number of amides is 1. The molecule has 16 heavy (non-hydrogen) atoms. The van der Waals surface area contributed by atoms with Crippen LogP contribution in [0.25, 0.3) is 0 Å². The van der Waals surface area contributed by atoms with Crippen LogP contribution in [0.5, 0.6) is 0 Å². The summed E-state index contributed by atoms with van der Waals surface area (Å²) >= 11 is 5.60. The summed E-state index contributed by atoms with van der Waals surface area (Å²) in [6, 6.07) is -1.37. The van der Waals surface area contributed by atoms with Crippen LogP contribution < -0.4 is 0 Å². The maximum atomic E-state index is 12.0. The third-order valence-electron chi connectivity index (χ3n) is 3.31. The lowest BCUT2D eigenvalue weighted by molar-refractivity contribution is -0.157. The summed E-state index contributed by atoms with van der Waals surface area (Å²) in [5.74, 6) is -2.12. The number of carboxylic acid groups (broad SMARTS) is 1. The van der Waals surface area contributed by atoms with Crippen molar-refractivity contribution < 1.29 is 23.1 Å². The van der Waals surface area contributed by atoms with Crippen LogP contribution in [0.1, 0.15) is 13.3 Å². The lowest BCUT2D eigenvalue weighted by Gasteiger charge is -2.35. The highest BCUT2D eigenvalue weighted by atomic mass is 35.5. The topological polar surface area (TPSA) is 91.8 Å². The number of hydrogen-bond donors (Lipinski definition) is 1. The van der Waals surface area contributed by atoms with Crippen LogP contribution in [0, 0.1) is 0 Å². The Balaban J connectivity index is 2.59. The molecule has 0 aromatic rings. The summed E-state index contributed by atoms with van der Waals surface area (Å²) in [5.41, 5.74) is 0. The zero-order valence-electron chi connectivity index (χ0n) is 8.38. The van der Waals surface area contributed by atoms with Gasteiger partial charge in [-0.05, 0) is 6.92 Å². The summed E-state index contributed by atoms with van der Waals surface area (Å²) in [4.78, 5) is 23.3. The van der Waals surface area contributed by atoms with E-state index in [0.29, 0.717) is 0 Å². The second-order valence-corrected chi connectivity index (χ2v) is 7.03. The average Bonchev–Trinajstić information content (AvgIpc) is 2.32. The van der Waals surface area contributed by atoms with Gasteiger partial charge >= 0.3 is 5.97 Å².